The Labute approximate surface area is 152 Å². The molecule has 0 aliphatic rings. The molecule has 0 aromatic carbocycles. The number of ketones is 1. The lowest BCUT2D eigenvalue weighted by atomic mass is 10.3. The van der Waals surface area contributed by atoms with Gasteiger partial charge < -0.3 is 14.2 Å². The lowest BCUT2D eigenvalue weighted by Gasteiger charge is -1.92. The molecule has 1 aromatic heterocycles. The molecular formula is C14H26N4O4S2+2. The van der Waals surface area contributed by atoms with Gasteiger partial charge in [0.25, 0.3) is 0 Å². The van der Waals surface area contributed by atoms with E-state index in [2.05, 4.69) is 26.1 Å². The highest BCUT2D eigenvalue weighted by Gasteiger charge is 2.25. The number of nitroso groups, excluding NO2 is 2. The predicted molar refractivity (Wildman–Crippen MR) is 98.8 cm³/mol. The largest absolute Gasteiger partial charge is 0.608 e. The van der Waals surface area contributed by atoms with Crippen LogP contribution in [0.1, 0.15) is 25.2 Å². The molecule has 0 fully saturated rings. The van der Waals surface area contributed by atoms with Crippen LogP contribution < -0.4 is 0 Å². The molecule has 0 radical (unpaired) electrons. The van der Waals surface area contributed by atoms with Crippen molar-refractivity contribution < 1.29 is 19.4 Å². The third-order valence-electron chi connectivity index (χ3n) is 3.23. The number of nitrogens with zero attached hydrogens (tertiary/aromatic N) is 4. The first-order valence-corrected chi connectivity index (χ1v) is 7.80. The molecule has 0 amide bonds. The second-order valence-corrected chi connectivity index (χ2v) is 5.87. The summed E-state index contributed by atoms with van der Waals surface area (Å²) in [6, 6.07) is 0. The Morgan fingerprint density at radius 1 is 1.08 bits per heavy atom. The molecule has 0 aliphatic carbocycles. The highest BCUT2D eigenvalue weighted by Crippen LogP contribution is 2.07. The van der Waals surface area contributed by atoms with Crippen molar-refractivity contribution in [3.63, 3.8) is 0 Å². The van der Waals surface area contributed by atoms with E-state index in [-0.39, 0.29) is 10.9 Å². The second kappa shape index (κ2) is 11.0. The Balaban J connectivity index is 0. The highest BCUT2D eigenvalue weighted by molar-refractivity contribution is 7.79. The van der Waals surface area contributed by atoms with E-state index in [1.54, 1.807) is 0 Å². The maximum atomic E-state index is 10.1. The minimum Gasteiger partial charge on any atom is -0.386 e. The van der Waals surface area contributed by atoms with E-state index in [0.717, 1.165) is 4.77 Å². The topological polar surface area (TPSA) is 87.3 Å². The van der Waals surface area contributed by atoms with Gasteiger partial charge in [0, 0.05) is 35.3 Å². The Morgan fingerprint density at radius 3 is 1.38 bits per heavy atom. The van der Waals surface area contributed by atoms with Gasteiger partial charge in [0.2, 0.25) is 0 Å². The number of imidazole rings is 1. The highest BCUT2D eigenvalue weighted by atomic mass is 32.1. The molecule has 1 N–H and O–H groups in total. The fourth-order valence-electron chi connectivity index (χ4n) is 1.20. The number of aliphatic hydroxyl groups is 1. The summed E-state index contributed by atoms with van der Waals surface area (Å²) in [5, 5.41) is 8.02. The number of aromatic nitrogens is 2. The average Bonchev–Trinajstić information content (AvgIpc) is 2.65. The van der Waals surface area contributed by atoms with Crippen molar-refractivity contribution in [1.82, 2.24) is 9.13 Å². The van der Waals surface area contributed by atoms with Crippen molar-refractivity contribution in [2.24, 2.45) is 14.1 Å². The van der Waals surface area contributed by atoms with Crippen molar-refractivity contribution in [2.45, 2.75) is 33.8 Å². The van der Waals surface area contributed by atoms with Crippen molar-refractivity contribution in [1.29, 1.82) is 0 Å². The zero-order valence-electron chi connectivity index (χ0n) is 15.4. The third-order valence-corrected chi connectivity index (χ3v) is 4.29. The van der Waals surface area contributed by atoms with Crippen LogP contribution in [0.4, 0.5) is 0 Å². The van der Waals surface area contributed by atoms with Gasteiger partial charge in [-0.1, -0.05) is 0 Å². The molecule has 0 aliphatic heterocycles. The molecular weight excluding hydrogens is 352 g/mol. The first-order chi connectivity index (χ1) is 10.7. The number of carbonyl (C=O) groups is 1. The van der Waals surface area contributed by atoms with E-state index in [0.29, 0.717) is 9.52 Å². The van der Waals surface area contributed by atoms with Crippen LogP contribution in [-0.4, -0.2) is 54.9 Å². The molecule has 1 atom stereocenters. The SMILES string of the molecule is CC(=O)C(C)O.C[N+](=O)C(=S)[N+](C)=O.Cc1c(C)n(C)c(=S)n1C. The first kappa shape index (κ1) is 24.6. The van der Waals surface area contributed by atoms with E-state index < -0.39 is 6.10 Å². The molecule has 1 rings (SSSR count). The monoisotopic (exact) mass is 378 g/mol. The molecule has 0 saturated heterocycles. The number of carbonyl (C=O) groups excluding carboxylic acids is 1. The Hall–Kier alpha value is -1.65. The lowest BCUT2D eigenvalue weighted by molar-refractivity contribution is -0.536. The molecule has 0 bridgehead atoms. The van der Waals surface area contributed by atoms with Gasteiger partial charge in [-0.3, -0.25) is 4.79 Å². The van der Waals surface area contributed by atoms with Gasteiger partial charge in [-0.2, -0.15) is 0 Å². The normalized spacial score (nSPS) is 10.5. The van der Waals surface area contributed by atoms with E-state index in [1.165, 1.54) is 39.3 Å². The maximum absolute atomic E-state index is 10.1. The number of Topliss-reactive ketones (excluding diaryl/α,β-unsaturated/α-hetero) is 1. The van der Waals surface area contributed by atoms with Gasteiger partial charge in [-0.05, 0) is 39.9 Å². The van der Waals surface area contributed by atoms with Crippen LogP contribution in [0, 0.1) is 28.4 Å². The lowest BCUT2D eigenvalue weighted by Crippen LogP contribution is -2.20. The standard InChI is InChI=1S/C7H12N2S.C4H8O2.C3H6N2O2S/c1-5-6(2)9(4)7(10)8(5)3;1-3(5)4(2)6;1-4(6)3(8)5(2)7/h1-4H3;3,5H,1-2H3;1-2H3/q;;+2. The average molecular weight is 379 g/mol. The first-order valence-electron chi connectivity index (χ1n) is 6.98. The van der Waals surface area contributed by atoms with Gasteiger partial charge in [-0.25, -0.2) is 0 Å². The second-order valence-electron chi connectivity index (χ2n) is 5.14. The fraction of sp³-hybridized carbons (Fsp3) is 0.643. The van der Waals surface area contributed by atoms with Gasteiger partial charge in [-0.15, -0.1) is 0 Å². The number of hydrogen-bond acceptors (Lipinski definition) is 6. The molecule has 8 nitrogen and oxygen atoms in total. The zero-order valence-corrected chi connectivity index (χ0v) is 17.0. The molecule has 136 valence electrons. The van der Waals surface area contributed by atoms with E-state index in [4.69, 9.17) is 17.3 Å². The molecule has 1 heterocycles. The molecule has 0 saturated carbocycles. The summed E-state index contributed by atoms with van der Waals surface area (Å²) in [6.07, 6.45) is -0.787. The fourth-order valence-corrected chi connectivity index (χ4v) is 1.47. The van der Waals surface area contributed by atoms with E-state index in [9.17, 15) is 14.6 Å². The summed E-state index contributed by atoms with van der Waals surface area (Å²) in [4.78, 5) is 30.1. The summed E-state index contributed by atoms with van der Waals surface area (Å²) in [6.45, 7) is 6.95. The molecule has 0 spiro atoms. The minimum atomic E-state index is -0.787. The van der Waals surface area contributed by atoms with Crippen LogP contribution in [0.3, 0.4) is 0 Å². The van der Waals surface area contributed by atoms with Crippen molar-refractivity contribution >= 4 is 35.3 Å². The zero-order chi connectivity index (χ0) is 19.8. The smallest absolute Gasteiger partial charge is 0.386 e. The summed E-state index contributed by atoms with van der Waals surface area (Å²) >= 11 is 9.46. The van der Waals surface area contributed by atoms with Crippen LogP contribution in [0.5, 0.6) is 0 Å². The van der Waals surface area contributed by atoms with Crippen molar-refractivity contribution in [3.8, 4) is 0 Å². The third kappa shape index (κ3) is 8.27. The van der Waals surface area contributed by atoms with Crippen LogP contribution in [0.15, 0.2) is 0 Å². The minimum absolute atomic E-state index is 0.185. The summed E-state index contributed by atoms with van der Waals surface area (Å²) < 4.78 is 5.59. The predicted octanol–water partition coefficient (Wildman–Crippen LogP) is 1.75. The number of thiocarbonyl (C=S) groups is 1. The van der Waals surface area contributed by atoms with E-state index >= 15 is 0 Å². The number of rotatable bonds is 1. The summed E-state index contributed by atoms with van der Waals surface area (Å²) in [5.74, 6) is -0.185. The van der Waals surface area contributed by atoms with E-state index in [1.807, 2.05) is 23.2 Å². The molecule has 10 heteroatoms. The molecule has 1 aromatic rings. The Kier molecular flexibility index (Phi) is 11.3. The van der Waals surface area contributed by atoms with Crippen LogP contribution >= 0.6 is 24.4 Å². The quantitative estimate of drug-likeness (QED) is 0.592. The Bertz CT molecular complexity index is 645. The molecule has 1 unspecified atom stereocenters. The van der Waals surface area contributed by atoms with Crippen LogP contribution in [0.2, 0.25) is 0 Å². The summed E-state index contributed by atoms with van der Waals surface area (Å²) in [5.41, 5.74) is 2.49. The maximum Gasteiger partial charge on any atom is 0.608 e. The number of aliphatic hydroxyl groups excluding tert-OH is 1. The number of hydrogen-bond donors (Lipinski definition) is 1. The van der Waals surface area contributed by atoms with Crippen LogP contribution in [0.25, 0.3) is 0 Å². The van der Waals surface area contributed by atoms with Crippen LogP contribution in [-0.2, 0) is 18.9 Å². The Morgan fingerprint density at radius 2 is 1.33 bits per heavy atom. The summed E-state index contributed by atoms with van der Waals surface area (Å²) in [7, 11) is 6.34. The van der Waals surface area contributed by atoms with Gasteiger partial charge >= 0.3 is 5.11 Å². The van der Waals surface area contributed by atoms with Crippen molar-refractivity contribution in [2.75, 3.05) is 14.1 Å². The molecule has 24 heavy (non-hydrogen) atoms. The van der Waals surface area contributed by atoms with Gasteiger partial charge in [0.05, 0.1) is 12.2 Å². The van der Waals surface area contributed by atoms with Gasteiger partial charge in [0.1, 0.15) is 15.6 Å². The van der Waals surface area contributed by atoms with Gasteiger partial charge in [0.15, 0.2) is 24.6 Å². The van der Waals surface area contributed by atoms with Crippen molar-refractivity contribution in [3.05, 3.63) is 26.0 Å².